The van der Waals surface area contributed by atoms with Crippen molar-refractivity contribution in [2.75, 3.05) is 0 Å². The van der Waals surface area contributed by atoms with Gasteiger partial charge in [0.05, 0.1) is 11.3 Å². The zero-order valence-electron chi connectivity index (χ0n) is 12.2. The molecule has 0 aliphatic heterocycles. The third-order valence-corrected chi connectivity index (χ3v) is 4.10. The fourth-order valence-electron chi connectivity index (χ4n) is 2.98. The van der Waals surface area contributed by atoms with Gasteiger partial charge in [0, 0.05) is 12.4 Å². The molecule has 0 saturated carbocycles. The highest BCUT2D eigenvalue weighted by Gasteiger charge is 2.15. The minimum Gasteiger partial charge on any atom is -0.456 e. The normalized spacial score (nSPS) is 13.3. The van der Waals surface area contributed by atoms with Crippen LogP contribution in [-0.4, -0.2) is 15.4 Å². The van der Waals surface area contributed by atoms with Crippen molar-refractivity contribution in [2.24, 2.45) is 0 Å². The summed E-state index contributed by atoms with van der Waals surface area (Å²) in [6.07, 6.45) is 7.16. The number of rotatable bonds is 3. The second kappa shape index (κ2) is 5.30. The summed E-state index contributed by atoms with van der Waals surface area (Å²) < 4.78 is 7.30. The number of imidazole rings is 1. The molecule has 0 N–H and O–H groups in total. The summed E-state index contributed by atoms with van der Waals surface area (Å²) in [6, 6.07) is 11.7. The van der Waals surface area contributed by atoms with Gasteiger partial charge in [-0.25, -0.2) is 9.78 Å². The Kier molecular flexibility index (Phi) is 3.15. The number of aryl methyl sites for hydroxylation is 2. The van der Waals surface area contributed by atoms with Crippen molar-refractivity contribution in [2.45, 2.75) is 25.9 Å². The quantitative estimate of drug-likeness (QED) is 0.696. The number of aromatic nitrogens is 2. The van der Waals surface area contributed by atoms with Crippen molar-refractivity contribution < 1.29 is 9.53 Å². The SMILES string of the molecule is O=C(OCc1cn2ccccc2n1)c1ccc2c(c1)CCC2. The number of carbonyl (C=O) groups excluding carboxylic acids is 1. The zero-order valence-corrected chi connectivity index (χ0v) is 12.2. The summed E-state index contributed by atoms with van der Waals surface area (Å²) in [7, 11) is 0. The average Bonchev–Trinajstić information content (AvgIpc) is 3.17. The summed E-state index contributed by atoms with van der Waals surface area (Å²) >= 11 is 0. The first-order valence-electron chi connectivity index (χ1n) is 7.51. The molecule has 0 saturated heterocycles. The highest BCUT2D eigenvalue weighted by atomic mass is 16.5. The summed E-state index contributed by atoms with van der Waals surface area (Å²) in [5.41, 5.74) is 4.87. The molecule has 0 radical (unpaired) electrons. The molecular weight excluding hydrogens is 276 g/mol. The summed E-state index contributed by atoms with van der Waals surface area (Å²) in [6.45, 7) is 0.192. The first-order valence-corrected chi connectivity index (χ1v) is 7.51. The van der Waals surface area contributed by atoms with Crippen LogP contribution in [0, 0.1) is 0 Å². The number of esters is 1. The molecule has 0 bridgehead atoms. The minimum atomic E-state index is -0.285. The van der Waals surface area contributed by atoms with Crippen LogP contribution in [0.2, 0.25) is 0 Å². The Morgan fingerprint density at radius 2 is 2.09 bits per heavy atom. The topological polar surface area (TPSA) is 43.6 Å². The van der Waals surface area contributed by atoms with E-state index >= 15 is 0 Å². The molecule has 3 aromatic rings. The Morgan fingerprint density at radius 1 is 1.18 bits per heavy atom. The van der Waals surface area contributed by atoms with E-state index in [0.29, 0.717) is 5.56 Å². The van der Waals surface area contributed by atoms with Crippen LogP contribution >= 0.6 is 0 Å². The predicted octanol–water partition coefficient (Wildman–Crippen LogP) is 3.18. The van der Waals surface area contributed by atoms with Crippen molar-refractivity contribution in [3.05, 3.63) is 71.2 Å². The van der Waals surface area contributed by atoms with Crippen molar-refractivity contribution in [1.82, 2.24) is 9.38 Å². The smallest absolute Gasteiger partial charge is 0.338 e. The third kappa shape index (κ3) is 2.37. The summed E-state index contributed by atoms with van der Waals surface area (Å²) in [5.74, 6) is -0.285. The van der Waals surface area contributed by atoms with Gasteiger partial charge in [-0.1, -0.05) is 12.1 Å². The Bertz CT molecular complexity index is 818. The van der Waals surface area contributed by atoms with Gasteiger partial charge in [0.1, 0.15) is 12.3 Å². The van der Waals surface area contributed by atoms with Crippen LogP contribution in [0.5, 0.6) is 0 Å². The maximum Gasteiger partial charge on any atom is 0.338 e. The van der Waals surface area contributed by atoms with Crippen LogP contribution in [0.25, 0.3) is 5.65 Å². The first-order chi connectivity index (χ1) is 10.8. The number of pyridine rings is 1. The molecule has 4 nitrogen and oxygen atoms in total. The van der Waals surface area contributed by atoms with Crippen LogP contribution in [0.1, 0.15) is 33.6 Å². The van der Waals surface area contributed by atoms with Crippen molar-refractivity contribution in [1.29, 1.82) is 0 Å². The molecule has 4 heteroatoms. The largest absolute Gasteiger partial charge is 0.456 e. The fourth-order valence-corrected chi connectivity index (χ4v) is 2.98. The lowest BCUT2D eigenvalue weighted by Crippen LogP contribution is -2.06. The van der Waals surface area contributed by atoms with Gasteiger partial charge in [0.2, 0.25) is 0 Å². The molecule has 110 valence electrons. The van der Waals surface area contributed by atoms with Gasteiger partial charge < -0.3 is 9.14 Å². The molecule has 0 atom stereocenters. The number of fused-ring (bicyclic) bond motifs is 2. The summed E-state index contributed by atoms with van der Waals surface area (Å²) in [4.78, 5) is 16.6. The van der Waals surface area contributed by atoms with E-state index in [1.165, 1.54) is 17.5 Å². The fraction of sp³-hybridized carbons (Fsp3) is 0.222. The molecule has 2 heterocycles. The van der Waals surface area contributed by atoms with Crippen LogP contribution in [0.15, 0.2) is 48.8 Å². The molecule has 22 heavy (non-hydrogen) atoms. The second-order valence-electron chi connectivity index (χ2n) is 5.61. The zero-order chi connectivity index (χ0) is 14.9. The van der Waals surface area contributed by atoms with E-state index in [4.69, 9.17) is 4.74 Å². The lowest BCUT2D eigenvalue weighted by molar-refractivity contribution is 0.0468. The lowest BCUT2D eigenvalue weighted by atomic mass is 10.1. The Morgan fingerprint density at radius 3 is 3.00 bits per heavy atom. The third-order valence-electron chi connectivity index (χ3n) is 4.10. The Balaban J connectivity index is 1.47. The standard InChI is InChI=1S/C18H16N2O2/c21-18(15-8-7-13-4-3-5-14(13)10-15)22-12-16-11-20-9-2-1-6-17(20)19-16/h1-2,6-11H,3-5,12H2. The van der Waals surface area contributed by atoms with Crippen molar-refractivity contribution in [3.63, 3.8) is 0 Å². The van der Waals surface area contributed by atoms with Crippen LogP contribution in [-0.2, 0) is 24.2 Å². The van der Waals surface area contributed by atoms with E-state index < -0.39 is 0 Å². The second-order valence-corrected chi connectivity index (χ2v) is 5.61. The van der Waals surface area contributed by atoms with Gasteiger partial charge in [0.25, 0.3) is 0 Å². The van der Waals surface area contributed by atoms with E-state index in [1.807, 2.05) is 53.2 Å². The van der Waals surface area contributed by atoms with Gasteiger partial charge in [-0.15, -0.1) is 0 Å². The van der Waals surface area contributed by atoms with Crippen molar-refractivity contribution >= 4 is 11.6 Å². The number of carbonyl (C=O) groups is 1. The van der Waals surface area contributed by atoms with Gasteiger partial charge in [-0.05, 0) is 54.7 Å². The summed E-state index contributed by atoms with van der Waals surface area (Å²) in [5, 5.41) is 0. The number of ether oxygens (including phenoxy) is 1. The highest BCUT2D eigenvalue weighted by molar-refractivity contribution is 5.89. The Hall–Kier alpha value is -2.62. The molecule has 1 aliphatic carbocycles. The van der Waals surface area contributed by atoms with E-state index in [0.717, 1.165) is 24.2 Å². The van der Waals surface area contributed by atoms with Crippen LogP contribution in [0.4, 0.5) is 0 Å². The van der Waals surface area contributed by atoms with Crippen LogP contribution in [0.3, 0.4) is 0 Å². The highest BCUT2D eigenvalue weighted by Crippen LogP contribution is 2.23. The Labute approximate surface area is 128 Å². The van der Waals surface area contributed by atoms with E-state index in [2.05, 4.69) is 4.98 Å². The van der Waals surface area contributed by atoms with E-state index in [-0.39, 0.29) is 12.6 Å². The van der Waals surface area contributed by atoms with Gasteiger partial charge in [-0.3, -0.25) is 0 Å². The number of nitrogens with zero attached hydrogens (tertiary/aromatic N) is 2. The van der Waals surface area contributed by atoms with Gasteiger partial charge in [0.15, 0.2) is 0 Å². The molecular formula is C18H16N2O2. The first kappa shape index (κ1) is 13.1. The maximum absolute atomic E-state index is 12.2. The number of benzene rings is 1. The molecule has 0 fully saturated rings. The molecule has 1 aromatic carbocycles. The maximum atomic E-state index is 12.2. The molecule has 2 aromatic heterocycles. The average molecular weight is 292 g/mol. The monoisotopic (exact) mass is 292 g/mol. The molecule has 0 unspecified atom stereocenters. The minimum absolute atomic E-state index is 0.192. The van der Waals surface area contributed by atoms with E-state index in [1.54, 1.807) is 0 Å². The molecule has 0 spiro atoms. The molecule has 1 aliphatic rings. The van der Waals surface area contributed by atoms with Crippen LogP contribution < -0.4 is 0 Å². The van der Waals surface area contributed by atoms with Crippen molar-refractivity contribution in [3.8, 4) is 0 Å². The number of hydrogen-bond acceptors (Lipinski definition) is 3. The molecule has 4 rings (SSSR count). The van der Waals surface area contributed by atoms with Gasteiger partial charge >= 0.3 is 5.97 Å². The lowest BCUT2D eigenvalue weighted by Gasteiger charge is -2.05. The number of hydrogen-bond donors (Lipinski definition) is 0. The van der Waals surface area contributed by atoms with Gasteiger partial charge in [-0.2, -0.15) is 0 Å². The molecule has 0 amide bonds. The predicted molar refractivity (Wildman–Crippen MR) is 82.8 cm³/mol. The van der Waals surface area contributed by atoms with E-state index in [9.17, 15) is 4.79 Å².